The van der Waals surface area contributed by atoms with E-state index in [4.69, 9.17) is 0 Å². The molecule has 3 rings (SSSR count). The maximum atomic E-state index is 4.41. The first-order valence-electron chi connectivity index (χ1n) is 7.11. The molecule has 2 atom stereocenters. The summed E-state index contributed by atoms with van der Waals surface area (Å²) in [5.41, 5.74) is 1.24. The molecule has 2 saturated heterocycles. The van der Waals surface area contributed by atoms with Gasteiger partial charge >= 0.3 is 0 Å². The van der Waals surface area contributed by atoms with Gasteiger partial charge in [0.25, 0.3) is 0 Å². The monoisotopic (exact) mass is 245 g/mol. The van der Waals surface area contributed by atoms with Gasteiger partial charge in [-0.2, -0.15) is 0 Å². The smallest absolute Gasteiger partial charge is 0.128 e. The van der Waals surface area contributed by atoms with Gasteiger partial charge in [0.1, 0.15) is 5.82 Å². The predicted octanol–water partition coefficient (Wildman–Crippen LogP) is 2.67. The van der Waals surface area contributed by atoms with Crippen molar-refractivity contribution in [2.24, 2.45) is 5.92 Å². The molecule has 0 spiro atoms. The van der Waals surface area contributed by atoms with Crippen molar-refractivity contribution < 1.29 is 0 Å². The van der Waals surface area contributed by atoms with E-state index in [1.807, 2.05) is 12.3 Å². The maximum absolute atomic E-state index is 4.41. The minimum atomic E-state index is 0.820. The van der Waals surface area contributed by atoms with Crippen molar-refractivity contribution in [1.29, 1.82) is 0 Å². The Morgan fingerprint density at radius 2 is 2.06 bits per heavy atom. The molecular formula is C15H23N3. The maximum Gasteiger partial charge on any atom is 0.128 e. The lowest BCUT2D eigenvalue weighted by Gasteiger charge is -2.36. The lowest BCUT2D eigenvalue weighted by molar-refractivity contribution is 0.139. The summed E-state index contributed by atoms with van der Waals surface area (Å²) in [6.45, 7) is 3.20. The van der Waals surface area contributed by atoms with Gasteiger partial charge < -0.3 is 10.2 Å². The van der Waals surface area contributed by atoms with Gasteiger partial charge in [0.2, 0.25) is 0 Å². The Labute approximate surface area is 110 Å². The molecule has 3 heterocycles. The minimum absolute atomic E-state index is 0.820. The molecule has 2 bridgehead atoms. The molecule has 0 amide bonds. The van der Waals surface area contributed by atoms with Gasteiger partial charge in [-0.15, -0.1) is 0 Å². The number of fused-ring (bicyclic) bond motifs is 2. The lowest BCUT2D eigenvalue weighted by atomic mass is 9.91. The summed E-state index contributed by atoms with van der Waals surface area (Å²) in [6, 6.07) is 5.78. The highest BCUT2D eigenvalue weighted by molar-refractivity contribution is 5.42. The number of nitrogens with zero attached hydrogens (tertiary/aromatic N) is 2. The zero-order valence-electron chi connectivity index (χ0n) is 11.4. The molecule has 3 nitrogen and oxygen atoms in total. The van der Waals surface area contributed by atoms with E-state index in [9.17, 15) is 0 Å². The van der Waals surface area contributed by atoms with E-state index in [0.29, 0.717) is 0 Å². The Bertz CT molecular complexity index is 404. The minimum Gasteiger partial charge on any atom is -0.370 e. The third-order valence-electron chi connectivity index (χ3n) is 4.76. The summed E-state index contributed by atoms with van der Waals surface area (Å²) in [5.74, 6) is 1.88. The Kier molecular flexibility index (Phi) is 3.25. The Morgan fingerprint density at radius 1 is 1.33 bits per heavy atom. The van der Waals surface area contributed by atoms with Crippen molar-refractivity contribution >= 4 is 5.82 Å². The van der Waals surface area contributed by atoms with Gasteiger partial charge in [-0.3, -0.25) is 0 Å². The van der Waals surface area contributed by atoms with Crippen LogP contribution in [0.2, 0.25) is 0 Å². The molecule has 0 radical (unpaired) electrons. The number of aryl methyl sites for hydroxylation is 1. The van der Waals surface area contributed by atoms with Gasteiger partial charge in [-0.25, -0.2) is 4.98 Å². The predicted molar refractivity (Wildman–Crippen MR) is 74.8 cm³/mol. The average Bonchev–Trinajstić information content (AvgIpc) is 2.62. The van der Waals surface area contributed by atoms with E-state index in [2.05, 4.69) is 35.2 Å². The first-order valence-corrected chi connectivity index (χ1v) is 7.11. The molecule has 0 aromatic carbocycles. The van der Waals surface area contributed by atoms with Gasteiger partial charge in [0, 0.05) is 24.8 Å². The highest BCUT2D eigenvalue weighted by Gasteiger charge is 2.38. The van der Waals surface area contributed by atoms with E-state index >= 15 is 0 Å². The number of anilines is 1. The van der Waals surface area contributed by atoms with Crippen molar-refractivity contribution in [3.63, 3.8) is 0 Å². The van der Waals surface area contributed by atoms with E-state index < -0.39 is 0 Å². The zero-order chi connectivity index (χ0) is 12.5. The molecule has 1 N–H and O–H groups in total. The SMILES string of the molecule is Cc1cccnc1NCC1CC2CCC(C1)N2C. The van der Waals surface area contributed by atoms with Gasteiger partial charge in [0.15, 0.2) is 0 Å². The molecule has 0 saturated carbocycles. The zero-order valence-corrected chi connectivity index (χ0v) is 11.4. The largest absolute Gasteiger partial charge is 0.370 e. The van der Waals surface area contributed by atoms with Crippen LogP contribution in [0, 0.1) is 12.8 Å². The first kappa shape index (κ1) is 12.0. The van der Waals surface area contributed by atoms with Crippen molar-refractivity contribution in [2.45, 2.75) is 44.7 Å². The van der Waals surface area contributed by atoms with Crippen LogP contribution in [0.25, 0.3) is 0 Å². The van der Waals surface area contributed by atoms with Crippen molar-refractivity contribution in [3.8, 4) is 0 Å². The van der Waals surface area contributed by atoms with Gasteiger partial charge in [0.05, 0.1) is 0 Å². The van der Waals surface area contributed by atoms with E-state index in [0.717, 1.165) is 30.4 Å². The topological polar surface area (TPSA) is 28.2 Å². The summed E-state index contributed by atoms with van der Waals surface area (Å²) in [4.78, 5) is 7.01. The molecule has 1 aromatic rings. The molecule has 18 heavy (non-hydrogen) atoms. The average molecular weight is 245 g/mol. The number of pyridine rings is 1. The van der Waals surface area contributed by atoms with E-state index in [-0.39, 0.29) is 0 Å². The number of hydrogen-bond donors (Lipinski definition) is 1. The second-order valence-corrected chi connectivity index (χ2v) is 5.94. The van der Waals surface area contributed by atoms with Crippen LogP contribution >= 0.6 is 0 Å². The second kappa shape index (κ2) is 4.88. The van der Waals surface area contributed by atoms with E-state index in [1.54, 1.807) is 0 Å². The molecule has 3 heteroatoms. The third-order valence-corrected chi connectivity index (χ3v) is 4.76. The normalized spacial score (nSPS) is 31.6. The van der Waals surface area contributed by atoms with Crippen LogP contribution in [0.15, 0.2) is 18.3 Å². The Hall–Kier alpha value is -1.09. The summed E-state index contributed by atoms with van der Waals surface area (Å²) in [6.07, 6.45) is 7.38. The second-order valence-electron chi connectivity index (χ2n) is 5.94. The van der Waals surface area contributed by atoms with Crippen LogP contribution in [0.5, 0.6) is 0 Å². The van der Waals surface area contributed by atoms with Crippen LogP contribution in [-0.4, -0.2) is 35.6 Å². The fourth-order valence-electron chi connectivity index (χ4n) is 3.60. The van der Waals surface area contributed by atoms with Crippen molar-refractivity contribution in [2.75, 3.05) is 18.9 Å². The Morgan fingerprint density at radius 3 is 2.72 bits per heavy atom. The molecule has 0 aliphatic carbocycles. The van der Waals surface area contributed by atoms with Gasteiger partial charge in [-0.05, 0) is 57.2 Å². The Balaban J connectivity index is 1.57. The molecule has 2 fully saturated rings. The van der Waals surface area contributed by atoms with Crippen LogP contribution in [0.1, 0.15) is 31.2 Å². The molecule has 98 valence electrons. The van der Waals surface area contributed by atoms with Gasteiger partial charge in [-0.1, -0.05) is 6.07 Å². The molecule has 2 unspecified atom stereocenters. The molecule has 1 aromatic heterocycles. The lowest BCUT2D eigenvalue weighted by Crippen LogP contribution is -2.41. The van der Waals surface area contributed by atoms with Crippen LogP contribution in [0.3, 0.4) is 0 Å². The molecule has 2 aliphatic rings. The van der Waals surface area contributed by atoms with Crippen LogP contribution in [0.4, 0.5) is 5.82 Å². The van der Waals surface area contributed by atoms with E-state index in [1.165, 1.54) is 31.2 Å². The summed E-state index contributed by atoms with van der Waals surface area (Å²) in [5, 5.41) is 3.54. The fourth-order valence-corrected chi connectivity index (χ4v) is 3.60. The quantitative estimate of drug-likeness (QED) is 0.887. The van der Waals surface area contributed by atoms with Crippen molar-refractivity contribution in [3.05, 3.63) is 23.9 Å². The number of nitrogens with one attached hydrogen (secondary N) is 1. The summed E-state index contributed by atoms with van der Waals surface area (Å²) < 4.78 is 0. The molecular weight excluding hydrogens is 222 g/mol. The van der Waals surface area contributed by atoms with Crippen LogP contribution < -0.4 is 5.32 Å². The number of hydrogen-bond acceptors (Lipinski definition) is 3. The third kappa shape index (κ3) is 2.24. The molecule has 2 aliphatic heterocycles. The fraction of sp³-hybridized carbons (Fsp3) is 0.667. The summed E-state index contributed by atoms with van der Waals surface area (Å²) >= 11 is 0. The van der Waals surface area contributed by atoms with Crippen molar-refractivity contribution in [1.82, 2.24) is 9.88 Å². The summed E-state index contributed by atoms with van der Waals surface area (Å²) in [7, 11) is 2.30. The van der Waals surface area contributed by atoms with Crippen LogP contribution in [-0.2, 0) is 0 Å². The number of rotatable bonds is 3. The number of aromatic nitrogens is 1. The highest BCUT2D eigenvalue weighted by Crippen LogP contribution is 2.37. The highest BCUT2D eigenvalue weighted by atomic mass is 15.2. The first-order chi connectivity index (χ1) is 8.74. The standard InChI is InChI=1S/C15H23N3/c1-11-4-3-7-16-15(11)17-10-12-8-13-5-6-14(9-12)18(13)2/h3-4,7,12-14H,5-6,8-10H2,1-2H3,(H,16,17). The number of piperidine rings is 1.